The van der Waals surface area contributed by atoms with Crippen molar-refractivity contribution in [3.63, 3.8) is 0 Å². The maximum Gasteiger partial charge on any atom is 0.146 e. The molecule has 2 aromatic rings. The van der Waals surface area contributed by atoms with E-state index in [1.54, 1.807) is 18.5 Å². The van der Waals surface area contributed by atoms with E-state index in [1.807, 2.05) is 6.92 Å². The predicted octanol–water partition coefficient (Wildman–Crippen LogP) is 3.23. The summed E-state index contributed by atoms with van der Waals surface area (Å²) in [5.41, 5.74) is 2.35. The third kappa shape index (κ3) is 2.41. The summed E-state index contributed by atoms with van der Waals surface area (Å²) in [6.45, 7) is 2.43. The predicted molar refractivity (Wildman–Crippen MR) is 64.8 cm³/mol. The summed E-state index contributed by atoms with van der Waals surface area (Å²) in [4.78, 5) is 7.11. The van der Waals surface area contributed by atoms with Crippen LogP contribution in [0.25, 0.3) is 0 Å². The van der Waals surface area contributed by atoms with E-state index in [9.17, 15) is 4.39 Å². The molecule has 0 amide bonds. The lowest BCUT2D eigenvalue weighted by Crippen LogP contribution is -2.03. The molecule has 0 radical (unpaired) electrons. The third-order valence-electron chi connectivity index (χ3n) is 2.31. The molecule has 0 aliphatic heterocycles. The average Bonchev–Trinajstić information content (AvgIpc) is 2.66. The molecule has 0 spiro atoms. The molecule has 1 heterocycles. The lowest BCUT2D eigenvalue weighted by molar-refractivity contribution is 0.629. The summed E-state index contributed by atoms with van der Waals surface area (Å²) in [6, 6.07) is 4.79. The SMILES string of the molecule is Cc1[nH]cnc1CNc1cc(Br)ccc1F. The maximum atomic E-state index is 13.4. The first kappa shape index (κ1) is 11.1. The van der Waals surface area contributed by atoms with Gasteiger partial charge in [0.15, 0.2) is 0 Å². The number of hydrogen-bond acceptors (Lipinski definition) is 2. The summed E-state index contributed by atoms with van der Waals surface area (Å²) in [6.07, 6.45) is 1.63. The van der Waals surface area contributed by atoms with E-state index >= 15 is 0 Å². The molecule has 0 unspecified atom stereocenters. The second kappa shape index (κ2) is 4.65. The molecule has 0 aliphatic carbocycles. The van der Waals surface area contributed by atoms with Crippen LogP contribution in [0.1, 0.15) is 11.4 Å². The van der Waals surface area contributed by atoms with Crippen LogP contribution < -0.4 is 5.32 Å². The van der Waals surface area contributed by atoms with Crippen molar-refractivity contribution in [2.24, 2.45) is 0 Å². The van der Waals surface area contributed by atoms with Gasteiger partial charge in [0.2, 0.25) is 0 Å². The van der Waals surface area contributed by atoms with E-state index < -0.39 is 0 Å². The topological polar surface area (TPSA) is 40.7 Å². The van der Waals surface area contributed by atoms with Crippen molar-refractivity contribution < 1.29 is 4.39 Å². The molecule has 3 nitrogen and oxygen atoms in total. The fourth-order valence-electron chi connectivity index (χ4n) is 1.38. The van der Waals surface area contributed by atoms with Gasteiger partial charge in [0.05, 0.1) is 24.3 Å². The third-order valence-corrected chi connectivity index (χ3v) is 2.80. The number of aromatic nitrogens is 2. The van der Waals surface area contributed by atoms with Gasteiger partial charge in [-0.25, -0.2) is 9.37 Å². The lowest BCUT2D eigenvalue weighted by atomic mass is 10.3. The number of halogens is 2. The Morgan fingerprint density at radius 3 is 3.00 bits per heavy atom. The number of nitrogens with one attached hydrogen (secondary N) is 2. The number of nitrogens with zero attached hydrogens (tertiary/aromatic N) is 1. The van der Waals surface area contributed by atoms with Crippen LogP contribution in [0.5, 0.6) is 0 Å². The highest BCUT2D eigenvalue weighted by Gasteiger charge is 2.04. The quantitative estimate of drug-likeness (QED) is 0.908. The molecule has 2 rings (SSSR count). The van der Waals surface area contributed by atoms with Crippen LogP contribution in [0.4, 0.5) is 10.1 Å². The van der Waals surface area contributed by atoms with Crippen LogP contribution in [0.2, 0.25) is 0 Å². The van der Waals surface area contributed by atoms with Crippen molar-refractivity contribution in [2.75, 3.05) is 5.32 Å². The normalized spacial score (nSPS) is 10.4. The zero-order valence-corrected chi connectivity index (χ0v) is 10.3. The Hall–Kier alpha value is -1.36. The summed E-state index contributed by atoms with van der Waals surface area (Å²) in [7, 11) is 0. The van der Waals surface area contributed by atoms with E-state index in [2.05, 4.69) is 31.2 Å². The largest absolute Gasteiger partial charge is 0.377 e. The van der Waals surface area contributed by atoms with E-state index in [-0.39, 0.29) is 5.82 Å². The lowest BCUT2D eigenvalue weighted by Gasteiger charge is -2.06. The Kier molecular flexibility index (Phi) is 3.24. The molecular weight excluding hydrogens is 273 g/mol. The van der Waals surface area contributed by atoms with E-state index in [1.165, 1.54) is 6.07 Å². The van der Waals surface area contributed by atoms with Crippen molar-refractivity contribution in [3.8, 4) is 0 Å². The number of rotatable bonds is 3. The van der Waals surface area contributed by atoms with Gasteiger partial charge in [-0.2, -0.15) is 0 Å². The number of benzene rings is 1. The summed E-state index contributed by atoms with van der Waals surface area (Å²) in [5.74, 6) is -0.267. The van der Waals surface area contributed by atoms with Crippen molar-refractivity contribution in [2.45, 2.75) is 13.5 Å². The Morgan fingerprint density at radius 2 is 2.31 bits per heavy atom. The molecule has 0 atom stereocenters. The van der Waals surface area contributed by atoms with Gasteiger partial charge in [0.1, 0.15) is 5.82 Å². The minimum absolute atomic E-state index is 0.267. The van der Waals surface area contributed by atoms with Crippen LogP contribution in [-0.4, -0.2) is 9.97 Å². The number of hydrogen-bond donors (Lipinski definition) is 2. The Morgan fingerprint density at radius 1 is 1.50 bits per heavy atom. The Bertz CT molecular complexity index is 496. The van der Waals surface area contributed by atoms with Crippen molar-refractivity contribution in [1.29, 1.82) is 0 Å². The number of imidazole rings is 1. The maximum absolute atomic E-state index is 13.4. The van der Waals surface area contributed by atoms with Crippen molar-refractivity contribution in [3.05, 3.63) is 46.2 Å². The Labute approximate surface area is 101 Å². The minimum atomic E-state index is -0.267. The molecular formula is C11H11BrFN3. The van der Waals surface area contributed by atoms with E-state index in [4.69, 9.17) is 0 Å². The number of anilines is 1. The molecule has 0 saturated carbocycles. The highest BCUT2D eigenvalue weighted by atomic mass is 79.9. The summed E-state index contributed by atoms with van der Waals surface area (Å²) < 4.78 is 14.2. The molecule has 1 aromatic carbocycles. The van der Waals surface area contributed by atoms with Gasteiger partial charge in [-0.05, 0) is 25.1 Å². The highest BCUT2D eigenvalue weighted by Crippen LogP contribution is 2.20. The molecule has 0 aliphatic rings. The van der Waals surface area contributed by atoms with Gasteiger partial charge in [0.25, 0.3) is 0 Å². The van der Waals surface area contributed by atoms with Crippen LogP contribution in [0, 0.1) is 12.7 Å². The first-order valence-electron chi connectivity index (χ1n) is 4.84. The van der Waals surface area contributed by atoms with Crippen molar-refractivity contribution in [1.82, 2.24) is 9.97 Å². The van der Waals surface area contributed by atoms with Gasteiger partial charge < -0.3 is 10.3 Å². The van der Waals surface area contributed by atoms with E-state index in [0.29, 0.717) is 12.2 Å². The monoisotopic (exact) mass is 283 g/mol. The molecule has 0 saturated heterocycles. The first-order valence-corrected chi connectivity index (χ1v) is 5.64. The molecule has 5 heteroatoms. The molecule has 84 valence electrons. The second-order valence-electron chi connectivity index (χ2n) is 3.45. The van der Waals surface area contributed by atoms with Gasteiger partial charge in [0, 0.05) is 10.2 Å². The first-order chi connectivity index (χ1) is 7.66. The van der Waals surface area contributed by atoms with Crippen molar-refractivity contribution >= 4 is 21.6 Å². The van der Waals surface area contributed by atoms with Gasteiger partial charge in [-0.3, -0.25) is 0 Å². The standard InChI is InChI=1S/C11H11BrFN3/c1-7-11(16-6-15-7)5-14-10-4-8(12)2-3-9(10)13/h2-4,6,14H,5H2,1H3,(H,15,16). The summed E-state index contributed by atoms with van der Waals surface area (Å²) >= 11 is 3.30. The van der Waals surface area contributed by atoms with Crippen LogP contribution in [0.15, 0.2) is 29.0 Å². The molecule has 0 fully saturated rings. The van der Waals surface area contributed by atoms with Gasteiger partial charge in [-0.15, -0.1) is 0 Å². The number of aromatic amines is 1. The second-order valence-corrected chi connectivity index (χ2v) is 4.37. The van der Waals surface area contributed by atoms with E-state index in [0.717, 1.165) is 15.9 Å². The zero-order chi connectivity index (χ0) is 11.5. The zero-order valence-electron chi connectivity index (χ0n) is 8.72. The fourth-order valence-corrected chi connectivity index (χ4v) is 1.74. The molecule has 1 aromatic heterocycles. The Balaban J connectivity index is 2.10. The average molecular weight is 284 g/mol. The van der Waals surface area contributed by atoms with Gasteiger partial charge in [-0.1, -0.05) is 15.9 Å². The summed E-state index contributed by atoms with van der Waals surface area (Å²) in [5, 5.41) is 3.01. The van der Waals surface area contributed by atoms with Crippen LogP contribution >= 0.6 is 15.9 Å². The smallest absolute Gasteiger partial charge is 0.146 e. The van der Waals surface area contributed by atoms with Crippen LogP contribution in [-0.2, 0) is 6.54 Å². The molecule has 0 bridgehead atoms. The highest BCUT2D eigenvalue weighted by molar-refractivity contribution is 9.10. The van der Waals surface area contributed by atoms with Crippen LogP contribution in [0.3, 0.4) is 0 Å². The fraction of sp³-hybridized carbons (Fsp3) is 0.182. The molecule has 16 heavy (non-hydrogen) atoms. The number of aryl methyl sites for hydroxylation is 1. The molecule has 2 N–H and O–H groups in total. The van der Waals surface area contributed by atoms with Gasteiger partial charge >= 0.3 is 0 Å². The minimum Gasteiger partial charge on any atom is -0.377 e. The number of H-pyrrole nitrogens is 1.